The number of halogens is 1. The number of hydrogen-bond donors (Lipinski definition) is 2. The third-order valence-corrected chi connectivity index (χ3v) is 6.08. The van der Waals surface area contributed by atoms with Crippen molar-refractivity contribution in [3.63, 3.8) is 0 Å². The molecule has 1 atom stereocenters. The van der Waals surface area contributed by atoms with E-state index in [-0.39, 0.29) is 5.69 Å². The van der Waals surface area contributed by atoms with Crippen LogP contribution < -0.4 is 5.32 Å². The first-order valence-corrected chi connectivity index (χ1v) is 11.1. The van der Waals surface area contributed by atoms with Crippen LogP contribution in [0.5, 0.6) is 0 Å². The molecule has 168 valence electrons. The van der Waals surface area contributed by atoms with Crippen molar-refractivity contribution in [3.05, 3.63) is 76.0 Å². The number of thiazole rings is 1. The quantitative estimate of drug-likeness (QED) is 0.324. The van der Waals surface area contributed by atoms with E-state index in [2.05, 4.69) is 15.5 Å². The Morgan fingerprint density at radius 2 is 1.85 bits per heavy atom. The van der Waals surface area contributed by atoms with Crippen molar-refractivity contribution in [2.24, 2.45) is 0 Å². The first-order valence-electron chi connectivity index (χ1n) is 9.81. The highest BCUT2D eigenvalue weighted by Gasteiger charge is 2.21. The topological polar surface area (TPSA) is 115 Å². The highest BCUT2D eigenvalue weighted by Crippen LogP contribution is 2.33. The molecule has 0 radical (unpaired) electrons. The van der Waals surface area contributed by atoms with Gasteiger partial charge in [-0.2, -0.15) is 0 Å². The van der Waals surface area contributed by atoms with Crippen molar-refractivity contribution in [1.29, 1.82) is 0 Å². The van der Waals surface area contributed by atoms with E-state index in [1.165, 1.54) is 16.7 Å². The third-order valence-electron chi connectivity index (χ3n) is 4.85. The molecule has 0 bridgehead atoms. The average molecular weight is 484 g/mol. The van der Waals surface area contributed by atoms with Gasteiger partial charge >= 0.3 is 12.1 Å². The van der Waals surface area contributed by atoms with Crippen LogP contribution in [0, 0.1) is 6.92 Å². The Bertz CT molecular complexity index is 1320. The number of nitrogens with one attached hydrogen (secondary N) is 1. The molecule has 0 aliphatic heterocycles. The first-order chi connectivity index (χ1) is 15.8. The third kappa shape index (κ3) is 4.89. The van der Waals surface area contributed by atoms with Crippen LogP contribution in [0.15, 0.2) is 58.4 Å². The number of carboxylic acids is 1. The number of rotatable bonds is 6. The SMILES string of the molecule is Cc1onc(-c2ccc(-c3nc(C(=O)O)cs3)cc2)c1NC(=O)OC(C)c1ccccc1Cl. The minimum atomic E-state index is -1.07. The maximum atomic E-state index is 12.5. The Hall–Kier alpha value is -3.69. The van der Waals surface area contributed by atoms with Gasteiger partial charge in [-0.15, -0.1) is 11.3 Å². The molecular formula is C23H18ClN3O5S. The van der Waals surface area contributed by atoms with E-state index in [4.69, 9.17) is 26.0 Å². The van der Waals surface area contributed by atoms with Crippen molar-refractivity contribution in [2.75, 3.05) is 5.32 Å². The summed E-state index contributed by atoms with van der Waals surface area (Å²) >= 11 is 7.42. The summed E-state index contributed by atoms with van der Waals surface area (Å²) in [6, 6.07) is 14.3. The predicted molar refractivity (Wildman–Crippen MR) is 125 cm³/mol. The zero-order valence-electron chi connectivity index (χ0n) is 17.5. The molecular weight excluding hydrogens is 466 g/mol. The molecule has 0 aliphatic rings. The first kappa shape index (κ1) is 22.5. The molecule has 0 aliphatic carbocycles. The number of carboxylic acid groups (broad SMARTS) is 1. The molecule has 0 saturated heterocycles. The number of hydrogen-bond acceptors (Lipinski definition) is 7. The molecule has 0 saturated carbocycles. The molecule has 4 aromatic rings. The molecule has 10 heteroatoms. The van der Waals surface area contributed by atoms with Crippen LogP contribution in [0.1, 0.15) is 34.8 Å². The number of nitrogens with zero attached hydrogens (tertiary/aromatic N) is 2. The number of carbonyl (C=O) groups is 2. The summed E-state index contributed by atoms with van der Waals surface area (Å²) in [4.78, 5) is 27.7. The lowest BCUT2D eigenvalue weighted by Crippen LogP contribution is -2.17. The zero-order valence-corrected chi connectivity index (χ0v) is 19.1. The molecule has 4 rings (SSSR count). The molecule has 2 aromatic heterocycles. The van der Waals surface area contributed by atoms with Gasteiger partial charge in [-0.3, -0.25) is 5.32 Å². The summed E-state index contributed by atoms with van der Waals surface area (Å²) in [7, 11) is 0. The van der Waals surface area contributed by atoms with E-state index in [0.29, 0.717) is 38.3 Å². The van der Waals surface area contributed by atoms with Gasteiger partial charge in [-0.1, -0.05) is 59.2 Å². The van der Waals surface area contributed by atoms with Crippen molar-refractivity contribution in [3.8, 4) is 21.8 Å². The van der Waals surface area contributed by atoms with Crippen LogP contribution in [-0.2, 0) is 4.74 Å². The number of ether oxygens (including phenoxy) is 1. The lowest BCUT2D eigenvalue weighted by Gasteiger charge is -2.15. The molecule has 1 amide bonds. The lowest BCUT2D eigenvalue weighted by atomic mass is 10.1. The summed E-state index contributed by atoms with van der Waals surface area (Å²) in [5, 5.41) is 18.4. The fourth-order valence-electron chi connectivity index (χ4n) is 3.15. The van der Waals surface area contributed by atoms with E-state index in [1.54, 1.807) is 56.3 Å². The van der Waals surface area contributed by atoms with Gasteiger partial charge in [0.15, 0.2) is 11.5 Å². The molecule has 2 aromatic carbocycles. The van der Waals surface area contributed by atoms with Crippen molar-refractivity contribution < 1.29 is 24.0 Å². The van der Waals surface area contributed by atoms with E-state index in [1.807, 2.05) is 6.07 Å². The Morgan fingerprint density at radius 1 is 1.15 bits per heavy atom. The fourth-order valence-corrected chi connectivity index (χ4v) is 4.24. The van der Waals surface area contributed by atoms with Crippen LogP contribution in [0.2, 0.25) is 5.02 Å². The Morgan fingerprint density at radius 3 is 2.52 bits per heavy atom. The molecule has 2 N–H and O–H groups in total. The van der Waals surface area contributed by atoms with Crippen LogP contribution in [0.3, 0.4) is 0 Å². The van der Waals surface area contributed by atoms with E-state index < -0.39 is 18.2 Å². The minimum absolute atomic E-state index is 0.00206. The van der Waals surface area contributed by atoms with Crippen LogP contribution >= 0.6 is 22.9 Å². The van der Waals surface area contributed by atoms with Gasteiger partial charge in [0.05, 0.1) is 0 Å². The standard InChI is InChI=1S/C23H18ClN3O5S/c1-12(16-5-3-4-6-17(16)24)31-23(30)26-19-13(2)32-27-20(19)14-7-9-15(10-8-14)21-25-18(11-33-21)22(28)29/h3-12H,1-2H3,(H,26,30)(H,28,29). The van der Waals surface area contributed by atoms with Crippen LogP contribution in [0.25, 0.3) is 21.8 Å². The smallest absolute Gasteiger partial charge is 0.412 e. The second-order valence-electron chi connectivity index (χ2n) is 7.08. The molecule has 8 nitrogen and oxygen atoms in total. The fraction of sp³-hybridized carbons (Fsp3) is 0.130. The van der Waals surface area contributed by atoms with E-state index in [9.17, 15) is 9.59 Å². The van der Waals surface area contributed by atoms with Gasteiger partial charge < -0.3 is 14.4 Å². The number of aromatic carboxylic acids is 1. The summed E-state index contributed by atoms with van der Waals surface area (Å²) < 4.78 is 10.8. The summed E-state index contributed by atoms with van der Waals surface area (Å²) in [6.45, 7) is 3.41. The maximum Gasteiger partial charge on any atom is 0.412 e. The summed E-state index contributed by atoms with van der Waals surface area (Å²) in [5.74, 6) is -0.652. The Balaban J connectivity index is 1.51. The van der Waals surface area contributed by atoms with Gasteiger partial charge in [0.2, 0.25) is 0 Å². The Kier molecular flexibility index (Phi) is 6.43. The average Bonchev–Trinajstić information content (AvgIpc) is 3.42. The highest BCUT2D eigenvalue weighted by molar-refractivity contribution is 7.13. The highest BCUT2D eigenvalue weighted by atomic mass is 35.5. The van der Waals surface area contributed by atoms with Crippen molar-refractivity contribution >= 4 is 40.7 Å². The number of amides is 1. The summed E-state index contributed by atoms with van der Waals surface area (Å²) in [5.41, 5.74) is 2.98. The number of anilines is 1. The molecule has 0 spiro atoms. The molecule has 33 heavy (non-hydrogen) atoms. The van der Waals surface area contributed by atoms with Crippen LogP contribution in [-0.4, -0.2) is 27.3 Å². The van der Waals surface area contributed by atoms with Gasteiger partial charge in [-0.25, -0.2) is 14.6 Å². The normalized spacial score (nSPS) is 11.7. The molecule has 1 unspecified atom stereocenters. The second-order valence-corrected chi connectivity index (χ2v) is 8.34. The monoisotopic (exact) mass is 483 g/mol. The maximum absolute atomic E-state index is 12.5. The largest absolute Gasteiger partial charge is 0.476 e. The van der Waals surface area contributed by atoms with Crippen molar-refractivity contribution in [2.45, 2.75) is 20.0 Å². The van der Waals surface area contributed by atoms with E-state index in [0.717, 1.165) is 5.56 Å². The number of aryl methyl sites for hydroxylation is 1. The van der Waals surface area contributed by atoms with Gasteiger partial charge in [0, 0.05) is 27.1 Å². The second kappa shape index (κ2) is 9.43. The van der Waals surface area contributed by atoms with Crippen molar-refractivity contribution in [1.82, 2.24) is 10.1 Å². The number of aromatic nitrogens is 2. The number of carbonyl (C=O) groups excluding carboxylic acids is 1. The van der Waals surface area contributed by atoms with Gasteiger partial charge in [-0.05, 0) is 19.9 Å². The number of benzene rings is 2. The van der Waals surface area contributed by atoms with Crippen LogP contribution in [0.4, 0.5) is 10.5 Å². The summed E-state index contributed by atoms with van der Waals surface area (Å²) in [6.07, 6.45) is -1.23. The van der Waals surface area contributed by atoms with Gasteiger partial charge in [0.25, 0.3) is 0 Å². The Labute approximate surface area is 197 Å². The van der Waals surface area contributed by atoms with E-state index >= 15 is 0 Å². The molecule has 0 fully saturated rings. The zero-order chi connectivity index (χ0) is 23.5. The van der Waals surface area contributed by atoms with Gasteiger partial charge in [0.1, 0.15) is 22.5 Å². The molecule has 2 heterocycles. The predicted octanol–water partition coefficient (Wildman–Crippen LogP) is 6.43. The lowest BCUT2D eigenvalue weighted by molar-refractivity contribution is 0.0691. The minimum Gasteiger partial charge on any atom is -0.476 e.